The zero-order valence-corrected chi connectivity index (χ0v) is 18.0. The van der Waals surface area contributed by atoms with Crippen molar-refractivity contribution >= 4 is 33.6 Å². The maximum atomic E-state index is 12.5. The van der Waals surface area contributed by atoms with E-state index in [0.717, 1.165) is 33.1 Å². The van der Waals surface area contributed by atoms with Crippen molar-refractivity contribution in [1.82, 2.24) is 0 Å². The first kappa shape index (κ1) is 20.6. The van der Waals surface area contributed by atoms with Gasteiger partial charge < -0.3 is 5.32 Å². The van der Waals surface area contributed by atoms with Gasteiger partial charge in [0.1, 0.15) is 11.6 Å². The number of carbonyl (C=O) groups excluding carboxylic acids is 1. The fraction of sp³-hybridized carbons (Fsp3) is 0.120. The minimum atomic E-state index is -0.406. The third-order valence-corrected chi connectivity index (χ3v) is 5.41. The van der Waals surface area contributed by atoms with Gasteiger partial charge in [0, 0.05) is 10.2 Å². The van der Waals surface area contributed by atoms with Crippen molar-refractivity contribution in [3.05, 3.63) is 105 Å². The van der Waals surface area contributed by atoms with E-state index < -0.39 is 5.91 Å². The van der Waals surface area contributed by atoms with Crippen molar-refractivity contribution in [2.24, 2.45) is 0 Å². The summed E-state index contributed by atoms with van der Waals surface area (Å²) in [5, 5.41) is 12.3. The van der Waals surface area contributed by atoms with Gasteiger partial charge in [-0.1, -0.05) is 76.1 Å². The molecule has 3 aromatic rings. The lowest BCUT2D eigenvalue weighted by molar-refractivity contribution is -0.112. The molecule has 0 spiro atoms. The standard InChI is InChI=1S/C25H21BrN2O/c1-17-7-12-24(18(2)13-17)28-25(29)22(16-27)15-20-10-8-19(9-11-20)14-21-5-3-4-6-23(21)26/h3-13,15H,14H2,1-2H3,(H,28,29)/b22-15+. The Labute approximate surface area is 179 Å². The second kappa shape index (κ2) is 9.36. The SMILES string of the molecule is Cc1ccc(NC(=O)/C(C#N)=C/c2ccc(Cc3ccccc3Br)cc2)c(C)c1. The lowest BCUT2D eigenvalue weighted by Gasteiger charge is -2.09. The molecule has 0 aliphatic heterocycles. The summed E-state index contributed by atoms with van der Waals surface area (Å²) >= 11 is 3.57. The van der Waals surface area contributed by atoms with Crippen LogP contribution < -0.4 is 5.32 Å². The van der Waals surface area contributed by atoms with Gasteiger partial charge in [-0.15, -0.1) is 0 Å². The highest BCUT2D eigenvalue weighted by Crippen LogP contribution is 2.21. The van der Waals surface area contributed by atoms with E-state index in [4.69, 9.17) is 0 Å². The first-order valence-corrected chi connectivity index (χ1v) is 10.1. The number of nitriles is 1. The number of aryl methyl sites for hydroxylation is 2. The summed E-state index contributed by atoms with van der Waals surface area (Å²) in [6, 6.07) is 23.8. The Kier molecular flexibility index (Phi) is 6.64. The Morgan fingerprint density at radius 1 is 1.07 bits per heavy atom. The van der Waals surface area contributed by atoms with Crippen LogP contribution >= 0.6 is 15.9 Å². The lowest BCUT2D eigenvalue weighted by atomic mass is 10.0. The molecule has 0 saturated heterocycles. The first-order valence-electron chi connectivity index (χ1n) is 9.29. The summed E-state index contributed by atoms with van der Waals surface area (Å²) < 4.78 is 1.08. The molecule has 0 atom stereocenters. The van der Waals surface area contributed by atoms with Crippen LogP contribution in [-0.2, 0) is 11.2 Å². The molecule has 0 aromatic heterocycles. The van der Waals surface area contributed by atoms with Crippen LogP contribution in [0.4, 0.5) is 5.69 Å². The van der Waals surface area contributed by atoms with Crippen molar-refractivity contribution in [2.75, 3.05) is 5.32 Å². The number of nitrogens with zero attached hydrogens (tertiary/aromatic N) is 1. The summed E-state index contributed by atoms with van der Waals surface area (Å²) in [4.78, 5) is 12.5. The molecular formula is C25H21BrN2O. The van der Waals surface area contributed by atoms with Gasteiger partial charge >= 0.3 is 0 Å². The molecule has 0 aliphatic carbocycles. The van der Waals surface area contributed by atoms with Crippen LogP contribution in [-0.4, -0.2) is 5.91 Å². The van der Waals surface area contributed by atoms with Crippen molar-refractivity contribution < 1.29 is 4.79 Å². The van der Waals surface area contributed by atoms with E-state index in [9.17, 15) is 10.1 Å². The van der Waals surface area contributed by atoms with E-state index >= 15 is 0 Å². The molecule has 0 aliphatic rings. The fourth-order valence-electron chi connectivity index (χ4n) is 3.05. The van der Waals surface area contributed by atoms with Crippen molar-refractivity contribution in [3.8, 4) is 6.07 Å². The molecule has 0 saturated carbocycles. The molecule has 0 unspecified atom stereocenters. The average Bonchev–Trinajstić information content (AvgIpc) is 2.71. The smallest absolute Gasteiger partial charge is 0.266 e. The van der Waals surface area contributed by atoms with E-state index in [1.165, 1.54) is 5.56 Å². The minimum Gasteiger partial charge on any atom is -0.321 e. The molecule has 0 bridgehead atoms. The van der Waals surface area contributed by atoms with Crippen LogP contribution in [0.5, 0.6) is 0 Å². The number of nitrogens with one attached hydrogen (secondary N) is 1. The van der Waals surface area contributed by atoms with E-state index in [2.05, 4.69) is 27.3 Å². The summed E-state index contributed by atoms with van der Waals surface area (Å²) in [5.74, 6) is -0.406. The summed E-state index contributed by atoms with van der Waals surface area (Å²) in [6.45, 7) is 3.93. The second-order valence-electron chi connectivity index (χ2n) is 6.95. The molecule has 3 aromatic carbocycles. The number of carbonyl (C=O) groups is 1. The molecule has 0 heterocycles. The van der Waals surface area contributed by atoms with Gasteiger partial charge in [0.15, 0.2) is 0 Å². The highest BCUT2D eigenvalue weighted by Gasteiger charge is 2.11. The molecular weight excluding hydrogens is 424 g/mol. The Morgan fingerprint density at radius 2 is 1.79 bits per heavy atom. The van der Waals surface area contributed by atoms with Crippen LogP contribution in [0.15, 0.2) is 76.8 Å². The van der Waals surface area contributed by atoms with Crippen molar-refractivity contribution in [1.29, 1.82) is 5.26 Å². The maximum Gasteiger partial charge on any atom is 0.266 e. The van der Waals surface area contributed by atoms with Gasteiger partial charge in [0.05, 0.1) is 0 Å². The van der Waals surface area contributed by atoms with Crippen LogP contribution in [0, 0.1) is 25.2 Å². The molecule has 0 radical (unpaired) electrons. The zero-order valence-electron chi connectivity index (χ0n) is 16.4. The third-order valence-electron chi connectivity index (χ3n) is 4.64. The summed E-state index contributed by atoms with van der Waals surface area (Å²) in [7, 11) is 0. The predicted molar refractivity (Wildman–Crippen MR) is 122 cm³/mol. The molecule has 1 N–H and O–H groups in total. The third kappa shape index (κ3) is 5.43. The number of benzene rings is 3. The molecule has 4 heteroatoms. The first-order chi connectivity index (χ1) is 14.0. The van der Waals surface area contributed by atoms with Crippen molar-refractivity contribution in [3.63, 3.8) is 0 Å². The number of hydrogen-bond donors (Lipinski definition) is 1. The van der Waals surface area contributed by atoms with Gasteiger partial charge in [0.2, 0.25) is 0 Å². The quantitative estimate of drug-likeness (QED) is 0.375. The Balaban J connectivity index is 1.74. The van der Waals surface area contributed by atoms with Crippen molar-refractivity contribution in [2.45, 2.75) is 20.3 Å². The number of halogens is 1. The van der Waals surface area contributed by atoms with Gasteiger partial charge in [-0.3, -0.25) is 4.79 Å². The zero-order chi connectivity index (χ0) is 20.8. The predicted octanol–water partition coefficient (Wildman–Crippen LogP) is 6.20. The molecule has 29 heavy (non-hydrogen) atoms. The number of hydrogen-bond acceptors (Lipinski definition) is 2. The Morgan fingerprint density at radius 3 is 2.45 bits per heavy atom. The highest BCUT2D eigenvalue weighted by atomic mass is 79.9. The largest absolute Gasteiger partial charge is 0.321 e. The minimum absolute atomic E-state index is 0.0727. The molecule has 3 rings (SSSR count). The highest BCUT2D eigenvalue weighted by molar-refractivity contribution is 9.10. The average molecular weight is 445 g/mol. The molecule has 0 fully saturated rings. The van der Waals surface area contributed by atoms with E-state index in [1.54, 1.807) is 6.08 Å². The van der Waals surface area contributed by atoms with Crippen LogP contribution in [0.1, 0.15) is 27.8 Å². The maximum absolute atomic E-state index is 12.5. The van der Waals surface area contributed by atoms with Crippen LogP contribution in [0.2, 0.25) is 0 Å². The number of rotatable bonds is 5. The summed E-state index contributed by atoms with van der Waals surface area (Å²) in [6.07, 6.45) is 2.42. The van der Waals surface area contributed by atoms with E-state index in [1.807, 2.05) is 80.6 Å². The molecule has 3 nitrogen and oxygen atoms in total. The van der Waals surface area contributed by atoms with E-state index in [-0.39, 0.29) is 5.57 Å². The topological polar surface area (TPSA) is 52.9 Å². The molecule has 144 valence electrons. The number of anilines is 1. The van der Waals surface area contributed by atoms with Crippen LogP contribution in [0.3, 0.4) is 0 Å². The van der Waals surface area contributed by atoms with Gasteiger partial charge in [-0.2, -0.15) is 5.26 Å². The van der Waals surface area contributed by atoms with Crippen LogP contribution in [0.25, 0.3) is 6.08 Å². The van der Waals surface area contributed by atoms with Gasteiger partial charge in [0.25, 0.3) is 5.91 Å². The summed E-state index contributed by atoms with van der Waals surface area (Å²) in [5.41, 5.74) is 6.06. The van der Waals surface area contributed by atoms with Gasteiger partial charge in [-0.25, -0.2) is 0 Å². The lowest BCUT2D eigenvalue weighted by Crippen LogP contribution is -2.14. The van der Waals surface area contributed by atoms with E-state index in [0.29, 0.717) is 5.69 Å². The second-order valence-corrected chi connectivity index (χ2v) is 7.81. The fourth-order valence-corrected chi connectivity index (χ4v) is 3.48. The van der Waals surface area contributed by atoms with Gasteiger partial charge in [-0.05, 0) is 60.7 Å². The molecule has 1 amide bonds. The Hall–Kier alpha value is -3.16. The Bertz CT molecular complexity index is 1110. The number of amides is 1. The normalized spacial score (nSPS) is 11.0. The monoisotopic (exact) mass is 444 g/mol.